The number of hydrogen-bond acceptors (Lipinski definition) is 6. The Kier molecular flexibility index (Phi) is 7.23. The van der Waals surface area contributed by atoms with Crippen molar-refractivity contribution in [1.82, 2.24) is 19.8 Å². The molecule has 1 aromatic carbocycles. The summed E-state index contributed by atoms with van der Waals surface area (Å²) in [6.07, 6.45) is 17.9. The van der Waals surface area contributed by atoms with Crippen molar-refractivity contribution in [2.24, 2.45) is 0 Å². The molecule has 6 rings (SSSR count). The van der Waals surface area contributed by atoms with Gasteiger partial charge in [-0.15, -0.1) is 0 Å². The summed E-state index contributed by atoms with van der Waals surface area (Å²) in [5.41, 5.74) is 5.74. The van der Waals surface area contributed by atoms with Gasteiger partial charge in [-0.25, -0.2) is 4.98 Å². The fourth-order valence-corrected chi connectivity index (χ4v) is 5.50. The standard InChI is InChI=1S/C32H32N4O3/c1-23-7-8-28-26(19-23)27(21-29(34-28)25-9-11-33-12-10-25)32(37)36-15-13-35(14-16-36)30(31-22-38-17-18-39-31)20-24-5-3-2-4-6-24/h2-3,5,7-12,17-19,21-22,30H,4,6,13-16,20H2,1H3. The smallest absolute Gasteiger partial charge is 0.254 e. The minimum absolute atomic E-state index is 0.0408. The molecule has 0 radical (unpaired) electrons. The number of aromatic nitrogens is 2. The summed E-state index contributed by atoms with van der Waals surface area (Å²) in [6.45, 7) is 4.82. The number of amides is 1. The average Bonchev–Trinajstić information content (AvgIpc) is 3.00. The lowest BCUT2D eigenvalue weighted by Gasteiger charge is -2.40. The fourth-order valence-electron chi connectivity index (χ4n) is 5.50. The number of nitrogens with zero attached hydrogens (tertiary/aromatic N) is 4. The highest BCUT2D eigenvalue weighted by atomic mass is 16.5. The van der Waals surface area contributed by atoms with E-state index >= 15 is 0 Å². The molecule has 0 saturated carbocycles. The largest absolute Gasteiger partial charge is 0.466 e. The van der Waals surface area contributed by atoms with Crippen LogP contribution in [0.25, 0.3) is 22.2 Å². The third-order valence-corrected chi connectivity index (χ3v) is 7.62. The van der Waals surface area contributed by atoms with E-state index in [0.717, 1.165) is 65.8 Å². The molecule has 0 N–H and O–H groups in total. The first-order valence-electron chi connectivity index (χ1n) is 13.5. The number of aryl methyl sites for hydroxylation is 1. The second-order valence-electron chi connectivity index (χ2n) is 10.2. The van der Waals surface area contributed by atoms with Crippen LogP contribution in [0.5, 0.6) is 0 Å². The number of allylic oxidation sites excluding steroid dienone is 3. The van der Waals surface area contributed by atoms with Gasteiger partial charge in [-0.1, -0.05) is 35.4 Å². The van der Waals surface area contributed by atoms with Crippen LogP contribution in [0.4, 0.5) is 0 Å². The second kappa shape index (κ2) is 11.3. The van der Waals surface area contributed by atoms with Crippen LogP contribution in [0.1, 0.15) is 35.2 Å². The van der Waals surface area contributed by atoms with Crippen molar-refractivity contribution < 1.29 is 14.3 Å². The Morgan fingerprint density at radius 3 is 2.64 bits per heavy atom. The molecular formula is C32H32N4O3. The van der Waals surface area contributed by atoms with Gasteiger partial charge < -0.3 is 14.4 Å². The van der Waals surface area contributed by atoms with Gasteiger partial charge in [0, 0.05) is 49.5 Å². The molecule has 4 heterocycles. The third kappa shape index (κ3) is 5.49. The highest BCUT2D eigenvalue weighted by Gasteiger charge is 2.31. The van der Waals surface area contributed by atoms with Gasteiger partial charge in [0.2, 0.25) is 0 Å². The van der Waals surface area contributed by atoms with Crippen molar-refractivity contribution in [1.29, 1.82) is 0 Å². The zero-order valence-corrected chi connectivity index (χ0v) is 22.1. The molecule has 1 aliphatic carbocycles. The Morgan fingerprint density at radius 2 is 1.90 bits per heavy atom. The first kappa shape index (κ1) is 25.1. The number of pyridine rings is 2. The Hall–Kier alpha value is -4.23. The number of rotatable bonds is 6. The molecule has 1 saturated heterocycles. The van der Waals surface area contributed by atoms with Gasteiger partial charge in [-0.3, -0.25) is 14.7 Å². The predicted molar refractivity (Wildman–Crippen MR) is 151 cm³/mol. The summed E-state index contributed by atoms with van der Waals surface area (Å²) in [4.78, 5) is 27.4. The maximum atomic E-state index is 14.0. The molecule has 2 aliphatic heterocycles. The Labute approximate surface area is 228 Å². The molecule has 7 nitrogen and oxygen atoms in total. The summed E-state index contributed by atoms with van der Waals surface area (Å²) in [5.74, 6) is 0.851. The molecule has 1 fully saturated rings. The molecule has 3 aromatic rings. The average molecular weight is 521 g/mol. The number of benzene rings is 1. The summed E-state index contributed by atoms with van der Waals surface area (Å²) in [5, 5.41) is 0.889. The summed E-state index contributed by atoms with van der Waals surface area (Å²) in [6, 6.07) is 11.9. The van der Waals surface area contributed by atoms with Gasteiger partial charge in [0.1, 0.15) is 18.8 Å². The lowest BCUT2D eigenvalue weighted by molar-refractivity contribution is 0.0540. The van der Waals surface area contributed by atoms with E-state index in [1.165, 1.54) is 5.57 Å². The lowest BCUT2D eigenvalue weighted by atomic mass is 9.95. The number of ether oxygens (including phenoxy) is 2. The number of carbonyl (C=O) groups excluding carboxylic acids is 1. The summed E-state index contributed by atoms with van der Waals surface area (Å²) in [7, 11) is 0. The molecule has 3 aliphatic rings. The van der Waals surface area contributed by atoms with E-state index in [4.69, 9.17) is 14.5 Å². The fraction of sp³-hybridized carbons (Fsp3) is 0.281. The predicted octanol–water partition coefficient (Wildman–Crippen LogP) is 5.76. The molecule has 0 bridgehead atoms. The van der Waals surface area contributed by atoms with E-state index in [2.05, 4.69) is 34.2 Å². The minimum atomic E-state index is 0.0408. The van der Waals surface area contributed by atoms with Gasteiger partial charge in [-0.05, 0) is 56.5 Å². The molecular weight excluding hydrogens is 488 g/mol. The molecule has 0 spiro atoms. The highest BCUT2D eigenvalue weighted by molar-refractivity contribution is 6.07. The zero-order valence-electron chi connectivity index (χ0n) is 22.1. The second-order valence-corrected chi connectivity index (χ2v) is 10.2. The Bertz CT molecular complexity index is 1480. The molecule has 1 unspecified atom stereocenters. The highest BCUT2D eigenvalue weighted by Crippen LogP contribution is 2.29. The third-order valence-electron chi connectivity index (χ3n) is 7.62. The Balaban J connectivity index is 1.24. The van der Waals surface area contributed by atoms with Crippen LogP contribution >= 0.6 is 0 Å². The van der Waals surface area contributed by atoms with Gasteiger partial charge in [-0.2, -0.15) is 0 Å². The first-order valence-corrected chi connectivity index (χ1v) is 13.5. The van der Waals surface area contributed by atoms with E-state index in [1.807, 2.05) is 42.2 Å². The monoisotopic (exact) mass is 520 g/mol. The molecule has 2 aromatic heterocycles. The topological polar surface area (TPSA) is 67.8 Å². The van der Waals surface area contributed by atoms with Crippen LogP contribution in [0.3, 0.4) is 0 Å². The van der Waals surface area contributed by atoms with Gasteiger partial charge in [0.15, 0.2) is 5.76 Å². The van der Waals surface area contributed by atoms with Gasteiger partial charge in [0.25, 0.3) is 5.91 Å². The summed E-state index contributed by atoms with van der Waals surface area (Å²) < 4.78 is 11.3. The summed E-state index contributed by atoms with van der Waals surface area (Å²) >= 11 is 0. The van der Waals surface area contributed by atoms with Crippen LogP contribution in [-0.4, -0.2) is 57.9 Å². The number of fused-ring (bicyclic) bond motifs is 1. The van der Waals surface area contributed by atoms with Crippen LogP contribution in [0.15, 0.2) is 97.1 Å². The maximum Gasteiger partial charge on any atom is 0.254 e. The van der Waals surface area contributed by atoms with Gasteiger partial charge >= 0.3 is 0 Å². The van der Waals surface area contributed by atoms with E-state index in [9.17, 15) is 4.79 Å². The minimum Gasteiger partial charge on any atom is -0.466 e. The van der Waals surface area contributed by atoms with Crippen molar-refractivity contribution >= 4 is 16.8 Å². The molecule has 1 atom stereocenters. The maximum absolute atomic E-state index is 14.0. The van der Waals surface area contributed by atoms with Crippen molar-refractivity contribution in [2.75, 3.05) is 26.2 Å². The quantitative estimate of drug-likeness (QED) is 0.412. The van der Waals surface area contributed by atoms with E-state index in [0.29, 0.717) is 18.7 Å². The van der Waals surface area contributed by atoms with Gasteiger partial charge in [0.05, 0.1) is 22.8 Å². The van der Waals surface area contributed by atoms with Crippen molar-refractivity contribution in [2.45, 2.75) is 32.2 Å². The van der Waals surface area contributed by atoms with Crippen LogP contribution in [0, 0.1) is 6.92 Å². The van der Waals surface area contributed by atoms with E-state index in [1.54, 1.807) is 31.2 Å². The lowest BCUT2D eigenvalue weighted by Crippen LogP contribution is -2.52. The van der Waals surface area contributed by atoms with Crippen LogP contribution < -0.4 is 0 Å². The van der Waals surface area contributed by atoms with E-state index < -0.39 is 0 Å². The molecule has 7 heteroatoms. The molecule has 1 amide bonds. The van der Waals surface area contributed by atoms with Crippen molar-refractivity contribution in [3.63, 3.8) is 0 Å². The van der Waals surface area contributed by atoms with Crippen LogP contribution in [0.2, 0.25) is 0 Å². The number of piperazine rings is 1. The molecule has 39 heavy (non-hydrogen) atoms. The van der Waals surface area contributed by atoms with Crippen LogP contribution in [-0.2, 0) is 9.47 Å². The SMILES string of the molecule is Cc1ccc2nc(-c3ccncc3)cc(C(=O)N3CCN(C(CC4=CC=CCC4)C4=COC=CO4)CC3)c2c1. The normalized spacial score (nSPS) is 18.2. The number of carbonyl (C=O) groups is 1. The van der Waals surface area contributed by atoms with Crippen molar-refractivity contribution in [3.8, 4) is 11.3 Å². The Morgan fingerprint density at radius 1 is 1.05 bits per heavy atom. The first-order chi connectivity index (χ1) is 19.2. The molecule has 198 valence electrons. The van der Waals surface area contributed by atoms with E-state index in [-0.39, 0.29) is 11.9 Å². The van der Waals surface area contributed by atoms with Crippen molar-refractivity contribution in [3.05, 3.63) is 108 Å². The zero-order chi connectivity index (χ0) is 26.6. The number of hydrogen-bond donors (Lipinski definition) is 0.